The third-order valence-electron chi connectivity index (χ3n) is 2.76. The first kappa shape index (κ1) is 15.6. The highest BCUT2D eigenvalue weighted by molar-refractivity contribution is 5.70. The summed E-state index contributed by atoms with van der Waals surface area (Å²) in [7, 11) is 1.28. The summed E-state index contributed by atoms with van der Waals surface area (Å²) < 4.78 is 9.78. The zero-order valence-corrected chi connectivity index (χ0v) is 11.8. The van der Waals surface area contributed by atoms with Crippen LogP contribution in [0, 0.1) is 0 Å². The highest BCUT2D eigenvalue weighted by atomic mass is 16.6. The summed E-state index contributed by atoms with van der Waals surface area (Å²) in [5, 5.41) is 11.9. The Labute approximate surface area is 112 Å². The quantitative estimate of drug-likeness (QED) is 0.774. The van der Waals surface area contributed by atoms with Crippen molar-refractivity contribution in [2.24, 2.45) is 0 Å². The molecule has 110 valence electrons. The average molecular weight is 274 g/mol. The van der Waals surface area contributed by atoms with E-state index in [9.17, 15) is 14.7 Å². The predicted octanol–water partition coefficient (Wildman–Crippen LogP) is 0.713. The minimum Gasteiger partial charge on any atom is -0.453 e. The molecule has 2 N–H and O–H groups in total. The summed E-state index contributed by atoms with van der Waals surface area (Å²) >= 11 is 0. The van der Waals surface area contributed by atoms with Gasteiger partial charge in [-0.3, -0.25) is 0 Å². The van der Waals surface area contributed by atoms with Crippen LogP contribution in [0.25, 0.3) is 0 Å². The lowest BCUT2D eigenvalue weighted by atomic mass is 10.2. The van der Waals surface area contributed by atoms with Crippen LogP contribution in [0.1, 0.15) is 27.2 Å². The number of hydrogen-bond acceptors (Lipinski definition) is 5. The number of alkyl carbamates (subject to hydrolysis) is 1. The molecule has 1 heterocycles. The van der Waals surface area contributed by atoms with Crippen LogP contribution in [0.3, 0.4) is 0 Å². The van der Waals surface area contributed by atoms with Gasteiger partial charge in [0.15, 0.2) is 0 Å². The van der Waals surface area contributed by atoms with E-state index >= 15 is 0 Å². The first-order valence-corrected chi connectivity index (χ1v) is 6.21. The lowest BCUT2D eigenvalue weighted by Crippen LogP contribution is -2.42. The van der Waals surface area contributed by atoms with Gasteiger partial charge in [0.2, 0.25) is 0 Å². The fourth-order valence-electron chi connectivity index (χ4n) is 1.96. The molecule has 0 spiro atoms. The number of ether oxygens (including phenoxy) is 2. The highest BCUT2D eigenvalue weighted by Crippen LogP contribution is 2.21. The van der Waals surface area contributed by atoms with Gasteiger partial charge in [0.25, 0.3) is 0 Å². The maximum absolute atomic E-state index is 12.0. The van der Waals surface area contributed by atoms with Crippen LogP contribution in [-0.4, -0.2) is 60.1 Å². The zero-order valence-electron chi connectivity index (χ0n) is 11.8. The maximum atomic E-state index is 12.0. The fourth-order valence-corrected chi connectivity index (χ4v) is 1.96. The molecule has 19 heavy (non-hydrogen) atoms. The number of methoxy groups -OCH3 is 1. The molecule has 1 fully saturated rings. The number of aliphatic hydroxyl groups excluding tert-OH is 1. The summed E-state index contributed by atoms with van der Waals surface area (Å²) in [4.78, 5) is 24.6. The Hall–Kier alpha value is -1.50. The molecule has 0 aliphatic carbocycles. The van der Waals surface area contributed by atoms with Crippen LogP contribution < -0.4 is 5.32 Å². The van der Waals surface area contributed by atoms with E-state index < -0.39 is 17.8 Å². The summed E-state index contributed by atoms with van der Waals surface area (Å²) in [6, 6.07) is -0.589. The fraction of sp³-hybridized carbons (Fsp3) is 0.833. The Balaban J connectivity index is 2.62. The third-order valence-corrected chi connectivity index (χ3v) is 2.76. The second kappa shape index (κ2) is 6.10. The molecule has 7 heteroatoms. The summed E-state index contributed by atoms with van der Waals surface area (Å²) in [6.45, 7) is 5.46. The SMILES string of the molecule is COC(=O)N[C@@H]1C[C@@H](CO)N(C(=O)OC(C)(C)C)C1. The molecule has 7 nitrogen and oxygen atoms in total. The first-order chi connectivity index (χ1) is 8.76. The van der Waals surface area contributed by atoms with Gasteiger partial charge in [0.1, 0.15) is 5.60 Å². The van der Waals surface area contributed by atoms with Gasteiger partial charge in [0.05, 0.1) is 25.8 Å². The number of hydrogen-bond donors (Lipinski definition) is 2. The minimum absolute atomic E-state index is 0.168. The molecule has 2 atom stereocenters. The van der Waals surface area contributed by atoms with Crippen LogP contribution in [0.4, 0.5) is 9.59 Å². The number of likely N-dealkylation sites (tertiary alicyclic amines) is 1. The van der Waals surface area contributed by atoms with Crippen molar-refractivity contribution in [3.63, 3.8) is 0 Å². The Morgan fingerprint density at radius 1 is 1.42 bits per heavy atom. The minimum atomic E-state index is -0.592. The van der Waals surface area contributed by atoms with E-state index in [4.69, 9.17) is 4.74 Å². The van der Waals surface area contributed by atoms with E-state index in [-0.39, 0.29) is 18.7 Å². The van der Waals surface area contributed by atoms with Crippen molar-refractivity contribution in [3.05, 3.63) is 0 Å². The van der Waals surface area contributed by atoms with Gasteiger partial charge in [-0.05, 0) is 27.2 Å². The number of nitrogens with one attached hydrogen (secondary N) is 1. The van der Waals surface area contributed by atoms with E-state index in [0.29, 0.717) is 13.0 Å². The molecule has 0 aromatic rings. The topological polar surface area (TPSA) is 88.1 Å². The molecule has 2 amide bonds. The monoisotopic (exact) mass is 274 g/mol. The van der Waals surface area contributed by atoms with Gasteiger partial charge < -0.3 is 24.8 Å². The Bertz CT molecular complexity index is 340. The van der Waals surface area contributed by atoms with Crippen LogP contribution in [0.2, 0.25) is 0 Å². The number of rotatable bonds is 2. The molecular formula is C12H22N2O5. The Morgan fingerprint density at radius 3 is 2.53 bits per heavy atom. The van der Waals surface area contributed by atoms with Gasteiger partial charge in [-0.25, -0.2) is 9.59 Å². The molecule has 0 aromatic carbocycles. The highest BCUT2D eigenvalue weighted by Gasteiger charge is 2.37. The molecule has 1 aliphatic rings. The van der Waals surface area contributed by atoms with Crippen LogP contribution in [-0.2, 0) is 9.47 Å². The number of carbonyl (C=O) groups excluding carboxylic acids is 2. The summed E-state index contributed by atoms with van der Waals surface area (Å²) in [5.74, 6) is 0. The molecular weight excluding hydrogens is 252 g/mol. The number of aliphatic hydroxyl groups is 1. The smallest absolute Gasteiger partial charge is 0.410 e. The molecule has 1 rings (SSSR count). The van der Waals surface area contributed by atoms with Crippen LogP contribution in [0.15, 0.2) is 0 Å². The Morgan fingerprint density at radius 2 is 2.05 bits per heavy atom. The van der Waals surface area contributed by atoms with E-state index in [1.807, 2.05) is 0 Å². The largest absolute Gasteiger partial charge is 0.453 e. The Kier molecular flexibility index (Phi) is 4.99. The summed E-state index contributed by atoms with van der Waals surface area (Å²) in [6.07, 6.45) is -0.557. The molecule has 0 aromatic heterocycles. The maximum Gasteiger partial charge on any atom is 0.410 e. The molecule has 0 saturated carbocycles. The first-order valence-electron chi connectivity index (χ1n) is 6.21. The van der Waals surface area contributed by atoms with Gasteiger partial charge in [0, 0.05) is 6.54 Å². The lowest BCUT2D eigenvalue weighted by Gasteiger charge is -2.27. The molecule has 0 unspecified atom stereocenters. The van der Waals surface area contributed by atoms with Crippen molar-refractivity contribution in [1.29, 1.82) is 0 Å². The van der Waals surface area contributed by atoms with E-state index in [1.165, 1.54) is 12.0 Å². The lowest BCUT2D eigenvalue weighted by molar-refractivity contribution is 0.0173. The average Bonchev–Trinajstić information content (AvgIpc) is 2.69. The van der Waals surface area contributed by atoms with Crippen LogP contribution >= 0.6 is 0 Å². The van der Waals surface area contributed by atoms with Crippen molar-refractivity contribution in [2.75, 3.05) is 20.3 Å². The van der Waals surface area contributed by atoms with Crippen LogP contribution in [0.5, 0.6) is 0 Å². The zero-order chi connectivity index (χ0) is 14.6. The van der Waals surface area contributed by atoms with Crippen molar-refractivity contribution in [1.82, 2.24) is 10.2 Å². The molecule has 0 radical (unpaired) electrons. The van der Waals surface area contributed by atoms with Gasteiger partial charge in [-0.1, -0.05) is 0 Å². The van der Waals surface area contributed by atoms with Gasteiger partial charge in [-0.15, -0.1) is 0 Å². The second-order valence-electron chi connectivity index (χ2n) is 5.54. The standard InChI is InChI=1S/C12H22N2O5/c1-12(2,3)19-11(17)14-6-8(5-9(14)7-15)13-10(16)18-4/h8-9,15H,5-7H2,1-4H3,(H,13,16)/t8-,9+/m1/s1. The number of nitrogens with zero attached hydrogens (tertiary/aromatic N) is 1. The van der Waals surface area contributed by atoms with Crippen molar-refractivity contribution >= 4 is 12.2 Å². The van der Waals surface area contributed by atoms with Gasteiger partial charge >= 0.3 is 12.2 Å². The molecule has 0 bridgehead atoms. The molecule has 1 aliphatic heterocycles. The van der Waals surface area contributed by atoms with E-state index in [1.54, 1.807) is 20.8 Å². The number of carbonyl (C=O) groups is 2. The van der Waals surface area contributed by atoms with Crippen molar-refractivity contribution < 1.29 is 24.2 Å². The van der Waals surface area contributed by atoms with Gasteiger partial charge in [-0.2, -0.15) is 0 Å². The third kappa shape index (κ3) is 4.59. The van der Waals surface area contributed by atoms with Crippen molar-refractivity contribution in [3.8, 4) is 0 Å². The second-order valence-corrected chi connectivity index (χ2v) is 5.54. The summed E-state index contributed by atoms with van der Waals surface area (Å²) in [5.41, 5.74) is -0.592. The van der Waals surface area contributed by atoms with E-state index in [0.717, 1.165) is 0 Å². The molecule has 1 saturated heterocycles. The van der Waals surface area contributed by atoms with Crippen molar-refractivity contribution in [2.45, 2.75) is 44.9 Å². The normalized spacial score (nSPS) is 23.1. The van der Waals surface area contributed by atoms with E-state index in [2.05, 4.69) is 10.1 Å². The number of amides is 2. The predicted molar refractivity (Wildman–Crippen MR) is 67.8 cm³/mol.